The lowest BCUT2D eigenvalue weighted by Crippen LogP contribution is -2.20. The SMILES string of the molecule is Cc1cccc(OCC2CCCC(=O)C2)c1. The fourth-order valence-electron chi connectivity index (χ4n) is 2.18. The molecule has 1 unspecified atom stereocenters. The topological polar surface area (TPSA) is 26.3 Å². The molecule has 1 aromatic carbocycles. The van der Waals surface area contributed by atoms with Gasteiger partial charge in [0.1, 0.15) is 11.5 Å². The summed E-state index contributed by atoms with van der Waals surface area (Å²) >= 11 is 0. The highest BCUT2D eigenvalue weighted by molar-refractivity contribution is 5.79. The summed E-state index contributed by atoms with van der Waals surface area (Å²) in [4.78, 5) is 11.3. The van der Waals surface area contributed by atoms with Gasteiger partial charge in [0, 0.05) is 12.8 Å². The molecule has 0 amide bonds. The summed E-state index contributed by atoms with van der Waals surface area (Å²) in [5, 5.41) is 0. The number of Topliss-reactive ketones (excluding diaryl/α,β-unsaturated/α-hetero) is 1. The van der Waals surface area contributed by atoms with Crippen molar-refractivity contribution < 1.29 is 9.53 Å². The molecule has 0 aromatic heterocycles. The fraction of sp³-hybridized carbons (Fsp3) is 0.500. The molecule has 1 atom stereocenters. The zero-order chi connectivity index (χ0) is 11.4. The standard InChI is InChI=1S/C14H18O2/c1-11-4-2-7-14(8-11)16-10-12-5-3-6-13(15)9-12/h2,4,7-8,12H,3,5-6,9-10H2,1H3. The van der Waals surface area contributed by atoms with Crippen LogP contribution >= 0.6 is 0 Å². The lowest BCUT2D eigenvalue weighted by molar-refractivity contribution is -0.121. The molecule has 0 heterocycles. The Kier molecular flexibility index (Phi) is 3.60. The number of aryl methyl sites for hydroxylation is 1. The van der Waals surface area contributed by atoms with Crippen molar-refractivity contribution in [3.63, 3.8) is 0 Å². The minimum atomic E-state index is 0.393. The second-order valence-electron chi connectivity index (χ2n) is 4.63. The monoisotopic (exact) mass is 218 g/mol. The maximum Gasteiger partial charge on any atom is 0.133 e. The van der Waals surface area contributed by atoms with Gasteiger partial charge in [-0.3, -0.25) is 4.79 Å². The summed E-state index contributed by atoms with van der Waals surface area (Å²) in [6.07, 6.45) is 3.62. The maximum absolute atomic E-state index is 11.3. The Morgan fingerprint density at radius 3 is 3.06 bits per heavy atom. The summed E-state index contributed by atoms with van der Waals surface area (Å²) in [6, 6.07) is 8.05. The summed E-state index contributed by atoms with van der Waals surface area (Å²) in [7, 11) is 0. The van der Waals surface area contributed by atoms with Crippen LogP contribution in [0.4, 0.5) is 0 Å². The Labute approximate surface area is 96.6 Å². The van der Waals surface area contributed by atoms with E-state index in [0.717, 1.165) is 25.0 Å². The number of ketones is 1. The summed E-state index contributed by atoms with van der Waals surface area (Å²) < 4.78 is 5.72. The third kappa shape index (κ3) is 3.09. The first-order valence-electron chi connectivity index (χ1n) is 5.95. The van der Waals surface area contributed by atoms with Crippen LogP contribution in [0.1, 0.15) is 31.2 Å². The van der Waals surface area contributed by atoms with E-state index in [1.165, 1.54) is 5.56 Å². The fourth-order valence-corrected chi connectivity index (χ4v) is 2.18. The molecule has 2 heteroatoms. The highest BCUT2D eigenvalue weighted by atomic mass is 16.5. The van der Waals surface area contributed by atoms with Gasteiger partial charge in [-0.2, -0.15) is 0 Å². The number of hydrogen-bond donors (Lipinski definition) is 0. The molecule has 0 bridgehead atoms. The zero-order valence-electron chi connectivity index (χ0n) is 9.74. The molecule has 0 radical (unpaired) electrons. The number of carbonyl (C=O) groups excluding carboxylic acids is 1. The van der Waals surface area contributed by atoms with Gasteiger partial charge in [-0.25, -0.2) is 0 Å². The summed E-state index contributed by atoms with van der Waals surface area (Å²) in [5.41, 5.74) is 1.21. The Hall–Kier alpha value is -1.31. The highest BCUT2D eigenvalue weighted by Crippen LogP contribution is 2.22. The molecular weight excluding hydrogens is 200 g/mol. The van der Waals surface area contributed by atoms with Crippen molar-refractivity contribution in [2.75, 3.05) is 6.61 Å². The van der Waals surface area contributed by atoms with E-state index in [4.69, 9.17) is 4.74 Å². The third-order valence-corrected chi connectivity index (χ3v) is 3.06. The predicted molar refractivity (Wildman–Crippen MR) is 63.6 cm³/mol. The second kappa shape index (κ2) is 5.15. The molecule has 1 fully saturated rings. The number of rotatable bonds is 3. The lowest BCUT2D eigenvalue weighted by Gasteiger charge is -2.20. The molecule has 1 aliphatic carbocycles. The van der Waals surface area contributed by atoms with Crippen LogP contribution in [0.25, 0.3) is 0 Å². The van der Waals surface area contributed by atoms with Gasteiger partial charge in [0.25, 0.3) is 0 Å². The number of hydrogen-bond acceptors (Lipinski definition) is 2. The molecule has 2 nitrogen and oxygen atoms in total. The van der Waals surface area contributed by atoms with Gasteiger partial charge in [-0.05, 0) is 43.4 Å². The van der Waals surface area contributed by atoms with Gasteiger partial charge >= 0.3 is 0 Å². The van der Waals surface area contributed by atoms with Crippen molar-refractivity contribution in [1.82, 2.24) is 0 Å². The van der Waals surface area contributed by atoms with Gasteiger partial charge in [-0.15, -0.1) is 0 Å². The van der Waals surface area contributed by atoms with E-state index in [-0.39, 0.29) is 0 Å². The Morgan fingerprint density at radius 1 is 1.44 bits per heavy atom. The molecular formula is C14H18O2. The van der Waals surface area contributed by atoms with Crippen LogP contribution in [0, 0.1) is 12.8 Å². The van der Waals surface area contributed by atoms with E-state index in [1.807, 2.05) is 18.2 Å². The lowest BCUT2D eigenvalue weighted by atomic mass is 9.89. The zero-order valence-corrected chi connectivity index (χ0v) is 9.74. The molecule has 0 spiro atoms. The van der Waals surface area contributed by atoms with E-state index in [1.54, 1.807) is 0 Å². The maximum atomic E-state index is 11.3. The number of ether oxygens (including phenoxy) is 1. The summed E-state index contributed by atoms with van der Waals surface area (Å²) in [5.74, 6) is 1.73. The van der Waals surface area contributed by atoms with Crippen molar-refractivity contribution in [2.24, 2.45) is 5.92 Å². The molecule has 0 aliphatic heterocycles. The van der Waals surface area contributed by atoms with E-state index in [2.05, 4.69) is 13.0 Å². The van der Waals surface area contributed by atoms with Crippen molar-refractivity contribution in [3.05, 3.63) is 29.8 Å². The average Bonchev–Trinajstić information content (AvgIpc) is 2.27. The number of carbonyl (C=O) groups is 1. The minimum Gasteiger partial charge on any atom is -0.493 e. The molecule has 2 rings (SSSR count). The van der Waals surface area contributed by atoms with Crippen LogP contribution in [0.5, 0.6) is 5.75 Å². The van der Waals surface area contributed by atoms with Crippen LogP contribution in [-0.2, 0) is 4.79 Å². The predicted octanol–water partition coefficient (Wildman–Crippen LogP) is 3.13. The Balaban J connectivity index is 1.85. The van der Waals surface area contributed by atoms with Gasteiger partial charge < -0.3 is 4.74 Å². The number of benzene rings is 1. The first-order chi connectivity index (χ1) is 7.74. The van der Waals surface area contributed by atoms with Crippen LogP contribution < -0.4 is 4.74 Å². The van der Waals surface area contributed by atoms with E-state index >= 15 is 0 Å². The largest absolute Gasteiger partial charge is 0.493 e. The van der Waals surface area contributed by atoms with E-state index in [9.17, 15) is 4.79 Å². The minimum absolute atomic E-state index is 0.393. The molecule has 1 saturated carbocycles. The quantitative estimate of drug-likeness (QED) is 0.779. The van der Waals surface area contributed by atoms with Crippen LogP contribution in [0.2, 0.25) is 0 Å². The van der Waals surface area contributed by atoms with E-state index in [0.29, 0.717) is 24.7 Å². The molecule has 0 saturated heterocycles. The van der Waals surface area contributed by atoms with Gasteiger partial charge in [0.05, 0.1) is 6.61 Å². The smallest absolute Gasteiger partial charge is 0.133 e. The molecule has 0 N–H and O–H groups in total. The first-order valence-corrected chi connectivity index (χ1v) is 5.95. The highest BCUT2D eigenvalue weighted by Gasteiger charge is 2.19. The van der Waals surface area contributed by atoms with Gasteiger partial charge in [0.15, 0.2) is 0 Å². The summed E-state index contributed by atoms with van der Waals surface area (Å²) in [6.45, 7) is 2.73. The van der Waals surface area contributed by atoms with Gasteiger partial charge in [-0.1, -0.05) is 12.1 Å². The third-order valence-electron chi connectivity index (χ3n) is 3.06. The van der Waals surface area contributed by atoms with E-state index < -0.39 is 0 Å². The van der Waals surface area contributed by atoms with Crippen LogP contribution in [0.3, 0.4) is 0 Å². The van der Waals surface area contributed by atoms with Crippen molar-refractivity contribution >= 4 is 5.78 Å². The molecule has 16 heavy (non-hydrogen) atoms. The Bertz CT molecular complexity index is 371. The molecule has 1 aliphatic rings. The van der Waals surface area contributed by atoms with Crippen molar-refractivity contribution in [2.45, 2.75) is 32.6 Å². The van der Waals surface area contributed by atoms with Crippen LogP contribution in [0.15, 0.2) is 24.3 Å². The Morgan fingerprint density at radius 2 is 2.31 bits per heavy atom. The van der Waals surface area contributed by atoms with Gasteiger partial charge in [0.2, 0.25) is 0 Å². The normalized spacial score (nSPS) is 20.8. The molecule has 1 aromatic rings. The van der Waals surface area contributed by atoms with Crippen molar-refractivity contribution in [3.8, 4) is 5.75 Å². The first kappa shape index (κ1) is 11.2. The van der Waals surface area contributed by atoms with Crippen molar-refractivity contribution in [1.29, 1.82) is 0 Å². The van der Waals surface area contributed by atoms with Crippen LogP contribution in [-0.4, -0.2) is 12.4 Å². The molecule has 86 valence electrons. The second-order valence-corrected chi connectivity index (χ2v) is 4.63. The average molecular weight is 218 g/mol.